The van der Waals surface area contributed by atoms with Crippen molar-refractivity contribution in [3.63, 3.8) is 0 Å². The van der Waals surface area contributed by atoms with Crippen molar-refractivity contribution >= 4 is 16.3 Å². The van der Waals surface area contributed by atoms with Crippen molar-refractivity contribution in [2.75, 3.05) is 19.8 Å². The second kappa shape index (κ2) is 8.71. The normalized spacial score (nSPS) is 11.1. The van der Waals surface area contributed by atoms with E-state index in [0.717, 1.165) is 32.5 Å². The van der Waals surface area contributed by atoms with E-state index in [-0.39, 0.29) is 0 Å². The standard InChI is InChI=1S/C22H24N4O3S/c1-5-27-17-12-16(13-18(28-6-2)19(17)29-7-3)21-25-26-20(23-24-22(26)30-21)15-10-8-9-14(4)11-15/h8-13H,5-7H2,1-4H3. The molecule has 0 aliphatic carbocycles. The van der Waals surface area contributed by atoms with Gasteiger partial charge in [0.15, 0.2) is 17.3 Å². The van der Waals surface area contributed by atoms with Crippen LogP contribution in [0.3, 0.4) is 0 Å². The molecule has 2 aromatic heterocycles. The van der Waals surface area contributed by atoms with E-state index in [2.05, 4.69) is 29.3 Å². The molecule has 0 atom stereocenters. The molecule has 4 aromatic rings. The first-order valence-corrected chi connectivity index (χ1v) is 10.8. The van der Waals surface area contributed by atoms with Crippen LogP contribution in [0.15, 0.2) is 36.4 Å². The lowest BCUT2D eigenvalue weighted by Gasteiger charge is -2.16. The summed E-state index contributed by atoms with van der Waals surface area (Å²) < 4.78 is 19.3. The van der Waals surface area contributed by atoms with Gasteiger partial charge in [0.1, 0.15) is 5.01 Å². The molecule has 2 aromatic carbocycles. The van der Waals surface area contributed by atoms with E-state index >= 15 is 0 Å². The van der Waals surface area contributed by atoms with E-state index in [1.807, 2.05) is 45.0 Å². The number of fused-ring (bicyclic) bond motifs is 1. The van der Waals surface area contributed by atoms with Gasteiger partial charge < -0.3 is 14.2 Å². The monoisotopic (exact) mass is 424 g/mol. The Morgan fingerprint density at radius 1 is 0.867 bits per heavy atom. The van der Waals surface area contributed by atoms with Gasteiger partial charge in [-0.15, -0.1) is 10.2 Å². The smallest absolute Gasteiger partial charge is 0.235 e. The van der Waals surface area contributed by atoms with E-state index in [9.17, 15) is 0 Å². The Morgan fingerprint density at radius 2 is 1.57 bits per heavy atom. The van der Waals surface area contributed by atoms with E-state index in [1.54, 1.807) is 4.52 Å². The Balaban J connectivity index is 1.81. The van der Waals surface area contributed by atoms with Gasteiger partial charge >= 0.3 is 0 Å². The minimum atomic E-state index is 0.524. The lowest BCUT2D eigenvalue weighted by Crippen LogP contribution is -2.03. The number of benzene rings is 2. The van der Waals surface area contributed by atoms with E-state index in [4.69, 9.17) is 19.3 Å². The molecule has 0 spiro atoms. The van der Waals surface area contributed by atoms with Crippen LogP contribution in [-0.4, -0.2) is 39.6 Å². The maximum atomic E-state index is 5.84. The van der Waals surface area contributed by atoms with Crippen LogP contribution < -0.4 is 14.2 Å². The molecule has 0 aliphatic heterocycles. The van der Waals surface area contributed by atoms with E-state index in [0.29, 0.717) is 37.1 Å². The summed E-state index contributed by atoms with van der Waals surface area (Å²) in [6.07, 6.45) is 0. The molecule has 4 rings (SSSR count). The molecule has 0 radical (unpaired) electrons. The minimum absolute atomic E-state index is 0.524. The first-order chi connectivity index (χ1) is 14.6. The van der Waals surface area contributed by atoms with Gasteiger partial charge in [-0.05, 0) is 45.9 Å². The van der Waals surface area contributed by atoms with Crippen LogP contribution in [0.2, 0.25) is 0 Å². The summed E-state index contributed by atoms with van der Waals surface area (Å²) in [6, 6.07) is 12.0. The highest BCUT2D eigenvalue weighted by Gasteiger charge is 2.20. The number of ether oxygens (including phenoxy) is 3. The number of hydrogen-bond acceptors (Lipinski definition) is 7. The van der Waals surface area contributed by atoms with Crippen molar-refractivity contribution in [3.05, 3.63) is 42.0 Å². The Hall–Kier alpha value is -3.13. The maximum absolute atomic E-state index is 5.84. The minimum Gasteiger partial charge on any atom is -0.490 e. The summed E-state index contributed by atoms with van der Waals surface area (Å²) in [5.41, 5.74) is 3.03. The SMILES string of the molecule is CCOc1cc(-c2nn3c(-c4cccc(C)c4)nnc3s2)cc(OCC)c1OCC. The van der Waals surface area contributed by atoms with E-state index < -0.39 is 0 Å². The lowest BCUT2D eigenvalue weighted by atomic mass is 10.1. The highest BCUT2D eigenvalue weighted by atomic mass is 32.1. The van der Waals surface area contributed by atoms with Gasteiger partial charge in [0.05, 0.1) is 19.8 Å². The number of rotatable bonds is 8. The Kier molecular flexibility index (Phi) is 5.85. The second-order valence-corrected chi connectivity index (χ2v) is 7.55. The Morgan fingerprint density at radius 3 is 2.20 bits per heavy atom. The van der Waals surface area contributed by atoms with Crippen LogP contribution in [0.1, 0.15) is 26.3 Å². The van der Waals surface area contributed by atoms with Crippen LogP contribution in [0.4, 0.5) is 0 Å². The summed E-state index contributed by atoms with van der Waals surface area (Å²) >= 11 is 1.47. The predicted molar refractivity (Wildman–Crippen MR) is 118 cm³/mol. The first-order valence-electron chi connectivity index (χ1n) is 10.0. The van der Waals surface area contributed by atoms with Crippen LogP contribution in [-0.2, 0) is 0 Å². The van der Waals surface area contributed by atoms with Gasteiger partial charge in [0.2, 0.25) is 10.7 Å². The highest BCUT2D eigenvalue weighted by molar-refractivity contribution is 7.19. The summed E-state index contributed by atoms with van der Waals surface area (Å²) in [4.78, 5) is 0.728. The average Bonchev–Trinajstić information content (AvgIpc) is 3.31. The quantitative estimate of drug-likeness (QED) is 0.395. The van der Waals surface area contributed by atoms with Gasteiger partial charge in [-0.25, -0.2) is 0 Å². The summed E-state index contributed by atoms with van der Waals surface area (Å²) in [6.45, 7) is 9.46. The molecular weight excluding hydrogens is 400 g/mol. The fourth-order valence-electron chi connectivity index (χ4n) is 3.21. The van der Waals surface area contributed by atoms with Crippen LogP contribution in [0, 0.1) is 6.92 Å². The van der Waals surface area contributed by atoms with Crippen LogP contribution in [0.25, 0.3) is 26.9 Å². The van der Waals surface area contributed by atoms with Crippen molar-refractivity contribution in [2.24, 2.45) is 0 Å². The summed E-state index contributed by atoms with van der Waals surface area (Å²) in [5, 5.41) is 14.2. The molecule has 30 heavy (non-hydrogen) atoms. The number of hydrogen-bond donors (Lipinski definition) is 0. The molecule has 2 heterocycles. The number of aromatic nitrogens is 4. The van der Waals surface area contributed by atoms with Gasteiger partial charge in [-0.3, -0.25) is 0 Å². The fourth-order valence-corrected chi connectivity index (χ4v) is 4.04. The zero-order valence-corrected chi connectivity index (χ0v) is 18.3. The largest absolute Gasteiger partial charge is 0.490 e. The van der Waals surface area contributed by atoms with Crippen molar-refractivity contribution in [3.8, 4) is 39.2 Å². The van der Waals surface area contributed by atoms with Crippen molar-refractivity contribution in [2.45, 2.75) is 27.7 Å². The lowest BCUT2D eigenvalue weighted by molar-refractivity contribution is 0.261. The molecule has 0 fully saturated rings. The van der Waals surface area contributed by atoms with Crippen molar-refractivity contribution in [1.29, 1.82) is 0 Å². The predicted octanol–water partition coefficient (Wildman–Crippen LogP) is 5.02. The molecule has 7 nitrogen and oxygen atoms in total. The summed E-state index contributed by atoms with van der Waals surface area (Å²) in [5.74, 6) is 2.63. The topological polar surface area (TPSA) is 70.8 Å². The molecule has 0 aliphatic rings. The van der Waals surface area contributed by atoms with Crippen molar-refractivity contribution < 1.29 is 14.2 Å². The van der Waals surface area contributed by atoms with E-state index in [1.165, 1.54) is 11.3 Å². The first kappa shape index (κ1) is 20.2. The molecule has 0 N–H and O–H groups in total. The molecule has 0 saturated carbocycles. The second-order valence-electron chi connectivity index (χ2n) is 6.60. The third-order valence-corrected chi connectivity index (χ3v) is 5.37. The zero-order valence-electron chi connectivity index (χ0n) is 17.5. The van der Waals surface area contributed by atoms with Gasteiger partial charge in [0, 0.05) is 11.1 Å². The third kappa shape index (κ3) is 3.82. The molecule has 8 heteroatoms. The fraction of sp³-hybridized carbons (Fsp3) is 0.318. The number of aryl methyl sites for hydroxylation is 1. The van der Waals surface area contributed by atoms with Gasteiger partial charge in [0.25, 0.3) is 0 Å². The maximum Gasteiger partial charge on any atom is 0.235 e. The van der Waals surface area contributed by atoms with Gasteiger partial charge in [-0.1, -0.05) is 35.1 Å². The average molecular weight is 425 g/mol. The molecule has 0 saturated heterocycles. The molecule has 156 valence electrons. The van der Waals surface area contributed by atoms with Crippen molar-refractivity contribution in [1.82, 2.24) is 19.8 Å². The Labute approximate surface area is 179 Å². The Bertz CT molecular complexity index is 1140. The molecule has 0 unspecified atom stereocenters. The number of nitrogens with zero attached hydrogens (tertiary/aromatic N) is 4. The highest BCUT2D eigenvalue weighted by Crippen LogP contribution is 2.42. The molecular formula is C22H24N4O3S. The zero-order chi connectivity index (χ0) is 21.1. The van der Waals surface area contributed by atoms with Crippen LogP contribution >= 0.6 is 11.3 Å². The molecule has 0 bridgehead atoms. The third-order valence-electron chi connectivity index (χ3n) is 4.42. The molecule has 0 amide bonds. The summed E-state index contributed by atoms with van der Waals surface area (Å²) in [7, 11) is 0. The van der Waals surface area contributed by atoms with Crippen LogP contribution in [0.5, 0.6) is 17.2 Å². The van der Waals surface area contributed by atoms with Gasteiger partial charge in [-0.2, -0.15) is 9.61 Å².